The molecule has 0 spiro atoms. The lowest BCUT2D eigenvalue weighted by Gasteiger charge is -2.15. The number of rotatable bonds is 4. The second-order valence-corrected chi connectivity index (χ2v) is 5.52. The summed E-state index contributed by atoms with van der Waals surface area (Å²) in [7, 11) is 0. The predicted octanol–water partition coefficient (Wildman–Crippen LogP) is 3.58. The van der Waals surface area contributed by atoms with Gasteiger partial charge in [-0.3, -0.25) is 4.79 Å². The Morgan fingerprint density at radius 1 is 1.12 bits per heavy atom. The van der Waals surface area contributed by atoms with Crippen molar-refractivity contribution in [1.82, 2.24) is 5.32 Å². The summed E-state index contributed by atoms with van der Waals surface area (Å²) >= 11 is 0. The number of fused-ring (bicyclic) bond motifs is 1. The standard InChI is InChI=1S/C18H13F2NO4/c1-9-6-11-7-10(2-5-15(11)25-9)17(22)21-16(18(23)24)13-4-3-12(19)8-14(13)20/h2-8,16H,1H3,(H,21,22)(H,23,24)/t16-/m1/s1. The smallest absolute Gasteiger partial charge is 0.331 e. The monoisotopic (exact) mass is 345 g/mol. The van der Waals surface area contributed by atoms with Gasteiger partial charge in [0, 0.05) is 22.6 Å². The van der Waals surface area contributed by atoms with Gasteiger partial charge in [0.25, 0.3) is 5.91 Å². The van der Waals surface area contributed by atoms with E-state index in [0.717, 1.165) is 12.1 Å². The zero-order valence-corrected chi connectivity index (χ0v) is 13.0. The molecule has 7 heteroatoms. The molecule has 1 heterocycles. The number of carbonyl (C=O) groups is 2. The highest BCUT2D eigenvalue weighted by Crippen LogP contribution is 2.22. The number of carbonyl (C=O) groups excluding carboxylic acids is 1. The number of carboxylic acids is 1. The molecular formula is C18H13F2NO4. The van der Waals surface area contributed by atoms with Crippen molar-refractivity contribution in [2.45, 2.75) is 13.0 Å². The maximum Gasteiger partial charge on any atom is 0.331 e. The van der Waals surface area contributed by atoms with Gasteiger partial charge in [-0.05, 0) is 37.3 Å². The van der Waals surface area contributed by atoms with Crippen LogP contribution < -0.4 is 5.32 Å². The number of halogens is 2. The maximum absolute atomic E-state index is 13.9. The first-order chi connectivity index (χ1) is 11.8. The van der Waals surface area contributed by atoms with E-state index in [1.54, 1.807) is 25.1 Å². The van der Waals surface area contributed by atoms with Crippen molar-refractivity contribution in [3.63, 3.8) is 0 Å². The lowest BCUT2D eigenvalue weighted by atomic mass is 10.0. The van der Waals surface area contributed by atoms with Crippen LogP contribution >= 0.6 is 0 Å². The van der Waals surface area contributed by atoms with Crippen LogP contribution in [0.3, 0.4) is 0 Å². The fraction of sp³-hybridized carbons (Fsp3) is 0.111. The highest BCUT2D eigenvalue weighted by molar-refractivity contribution is 5.99. The Hall–Kier alpha value is -3.22. The largest absolute Gasteiger partial charge is 0.479 e. The molecule has 1 aromatic heterocycles. The number of hydrogen-bond donors (Lipinski definition) is 2. The molecule has 0 saturated carbocycles. The molecule has 0 saturated heterocycles. The second kappa shape index (κ2) is 6.35. The quantitative estimate of drug-likeness (QED) is 0.757. The third kappa shape index (κ3) is 3.35. The predicted molar refractivity (Wildman–Crippen MR) is 85.2 cm³/mol. The zero-order valence-electron chi connectivity index (χ0n) is 13.0. The Balaban J connectivity index is 1.90. The third-order valence-corrected chi connectivity index (χ3v) is 3.70. The van der Waals surface area contributed by atoms with Crippen LogP contribution in [-0.4, -0.2) is 17.0 Å². The molecule has 2 N–H and O–H groups in total. The van der Waals surface area contributed by atoms with Crippen molar-refractivity contribution in [3.8, 4) is 0 Å². The van der Waals surface area contributed by atoms with Crippen molar-refractivity contribution in [2.75, 3.05) is 0 Å². The van der Waals surface area contributed by atoms with Gasteiger partial charge in [0.05, 0.1) is 0 Å². The Morgan fingerprint density at radius 2 is 1.88 bits per heavy atom. The number of amides is 1. The molecule has 3 aromatic rings. The van der Waals surface area contributed by atoms with E-state index in [-0.39, 0.29) is 11.1 Å². The molecule has 0 aliphatic carbocycles. The van der Waals surface area contributed by atoms with Crippen molar-refractivity contribution in [3.05, 3.63) is 71.0 Å². The minimum absolute atomic E-state index is 0.196. The molecule has 0 radical (unpaired) electrons. The van der Waals surface area contributed by atoms with Gasteiger partial charge in [0.15, 0.2) is 6.04 Å². The van der Waals surface area contributed by atoms with Crippen molar-refractivity contribution >= 4 is 22.8 Å². The van der Waals surface area contributed by atoms with Gasteiger partial charge in [-0.2, -0.15) is 0 Å². The number of hydrogen-bond acceptors (Lipinski definition) is 3. The molecule has 25 heavy (non-hydrogen) atoms. The number of carboxylic acid groups (broad SMARTS) is 1. The van der Waals surface area contributed by atoms with E-state index in [2.05, 4.69) is 5.32 Å². The Bertz CT molecular complexity index is 980. The van der Waals surface area contributed by atoms with E-state index < -0.39 is 29.6 Å². The Kier molecular flexibility index (Phi) is 4.22. The van der Waals surface area contributed by atoms with E-state index in [9.17, 15) is 23.5 Å². The van der Waals surface area contributed by atoms with E-state index >= 15 is 0 Å². The summed E-state index contributed by atoms with van der Waals surface area (Å²) in [4.78, 5) is 23.8. The molecule has 0 unspecified atom stereocenters. The van der Waals surface area contributed by atoms with Crippen molar-refractivity contribution < 1.29 is 27.9 Å². The van der Waals surface area contributed by atoms with Crippen LogP contribution in [0.1, 0.15) is 27.7 Å². The van der Waals surface area contributed by atoms with E-state index in [1.807, 2.05) is 0 Å². The first-order valence-electron chi connectivity index (χ1n) is 7.34. The molecule has 3 rings (SSSR count). The first-order valence-corrected chi connectivity index (χ1v) is 7.34. The van der Waals surface area contributed by atoms with Crippen LogP contribution in [0.2, 0.25) is 0 Å². The third-order valence-electron chi connectivity index (χ3n) is 3.70. The second-order valence-electron chi connectivity index (χ2n) is 5.52. The Morgan fingerprint density at radius 3 is 2.56 bits per heavy atom. The molecule has 0 aliphatic heterocycles. The SMILES string of the molecule is Cc1cc2cc(C(=O)N[C@@H](C(=O)O)c3ccc(F)cc3F)ccc2o1. The molecule has 2 aromatic carbocycles. The van der Waals surface area contributed by atoms with Crippen LogP contribution in [0.4, 0.5) is 8.78 Å². The highest BCUT2D eigenvalue weighted by Gasteiger charge is 2.26. The topological polar surface area (TPSA) is 79.5 Å². The minimum Gasteiger partial charge on any atom is -0.479 e. The number of aryl methyl sites for hydroxylation is 1. The van der Waals surface area contributed by atoms with Crippen LogP contribution in [0, 0.1) is 18.6 Å². The minimum atomic E-state index is -1.64. The molecule has 0 bridgehead atoms. The molecule has 5 nitrogen and oxygen atoms in total. The molecule has 0 fully saturated rings. The van der Waals surface area contributed by atoms with Gasteiger partial charge in [-0.25, -0.2) is 13.6 Å². The summed E-state index contributed by atoms with van der Waals surface area (Å²) in [6, 6.07) is 7.19. The fourth-order valence-electron chi connectivity index (χ4n) is 2.54. The van der Waals surface area contributed by atoms with E-state index in [0.29, 0.717) is 22.8 Å². The highest BCUT2D eigenvalue weighted by atomic mass is 19.1. The fourth-order valence-corrected chi connectivity index (χ4v) is 2.54. The van der Waals surface area contributed by atoms with Crippen LogP contribution in [-0.2, 0) is 4.79 Å². The average Bonchev–Trinajstić information content (AvgIpc) is 2.91. The summed E-state index contributed by atoms with van der Waals surface area (Å²) in [5, 5.41) is 12.2. The van der Waals surface area contributed by atoms with Gasteiger partial charge in [-0.1, -0.05) is 6.07 Å². The van der Waals surface area contributed by atoms with Crippen molar-refractivity contribution in [2.24, 2.45) is 0 Å². The number of benzene rings is 2. The number of nitrogens with one attached hydrogen (secondary N) is 1. The van der Waals surface area contributed by atoms with Crippen LogP contribution in [0.5, 0.6) is 0 Å². The van der Waals surface area contributed by atoms with Gasteiger partial charge < -0.3 is 14.8 Å². The first kappa shape index (κ1) is 16.6. The van der Waals surface area contributed by atoms with Gasteiger partial charge in [0.2, 0.25) is 0 Å². The maximum atomic E-state index is 13.9. The molecule has 1 amide bonds. The van der Waals surface area contributed by atoms with Crippen molar-refractivity contribution in [1.29, 1.82) is 0 Å². The summed E-state index contributed by atoms with van der Waals surface area (Å²) in [6.07, 6.45) is 0. The Labute approximate surface area is 140 Å². The van der Waals surface area contributed by atoms with Gasteiger partial charge >= 0.3 is 5.97 Å². The summed E-state index contributed by atoms with van der Waals surface area (Å²) < 4.78 is 32.3. The number of furan rings is 1. The zero-order chi connectivity index (χ0) is 18.1. The molecule has 0 aliphatic rings. The van der Waals surface area contributed by atoms with Crippen LogP contribution in [0.25, 0.3) is 11.0 Å². The van der Waals surface area contributed by atoms with E-state index in [1.165, 1.54) is 6.07 Å². The molecule has 128 valence electrons. The number of aliphatic carboxylic acids is 1. The summed E-state index contributed by atoms with van der Waals surface area (Å²) in [5.41, 5.74) is 0.456. The summed E-state index contributed by atoms with van der Waals surface area (Å²) in [6.45, 7) is 1.76. The molecule has 1 atom stereocenters. The van der Waals surface area contributed by atoms with E-state index in [4.69, 9.17) is 4.42 Å². The normalized spacial score (nSPS) is 12.1. The average molecular weight is 345 g/mol. The lowest BCUT2D eigenvalue weighted by molar-refractivity contribution is -0.139. The van der Waals surface area contributed by atoms with Gasteiger partial charge in [0.1, 0.15) is 23.0 Å². The van der Waals surface area contributed by atoms with Gasteiger partial charge in [-0.15, -0.1) is 0 Å². The summed E-state index contributed by atoms with van der Waals surface area (Å²) in [5.74, 6) is -3.37. The van der Waals surface area contributed by atoms with Crippen LogP contribution in [0.15, 0.2) is 46.9 Å². The lowest BCUT2D eigenvalue weighted by Crippen LogP contribution is -2.34. The molecular weight excluding hydrogens is 332 g/mol.